The van der Waals surface area contributed by atoms with Crippen molar-refractivity contribution in [3.8, 4) is 0 Å². The maximum atomic E-state index is 14.0. The largest absolute Gasteiger partial charge is 0.444 e. The van der Waals surface area contributed by atoms with E-state index in [-0.39, 0.29) is 28.7 Å². The molecule has 1 saturated heterocycles. The number of Topliss-reactive ketones (excluding diaryl/α,β-unsaturated/α-hetero) is 1. The van der Waals surface area contributed by atoms with E-state index in [1.165, 1.54) is 24.6 Å². The zero-order valence-electron chi connectivity index (χ0n) is 26.4. The lowest BCUT2D eigenvalue weighted by molar-refractivity contribution is -0.114. The Kier molecular flexibility index (Phi) is 9.45. The standard InChI is InChI=1S/C31H41N7O6/c1-19(2)14-16-37-25-26(34-28(37)36-15-10-11-21(17-36)33-29(42)44-31(4,5)6)35(7)30(43)38(27(25)41)18-24(40)22-12-8-9-13-23(22)32-20(3)39/h8-9,12-14,21H,10-11,15-18H2,1-7H3,(H,32,39)(H,33,42). The molecule has 1 atom stereocenters. The van der Waals surface area contributed by atoms with Gasteiger partial charge in [0.15, 0.2) is 16.9 Å². The quantitative estimate of drug-likeness (QED) is 0.293. The number of benzene rings is 1. The van der Waals surface area contributed by atoms with Crippen LogP contribution in [-0.4, -0.2) is 61.2 Å². The van der Waals surface area contributed by atoms with E-state index >= 15 is 0 Å². The molecule has 13 nitrogen and oxygen atoms in total. The van der Waals surface area contributed by atoms with Crippen molar-refractivity contribution in [2.75, 3.05) is 23.3 Å². The van der Waals surface area contributed by atoms with Crippen LogP contribution in [0.25, 0.3) is 11.2 Å². The molecule has 0 bridgehead atoms. The van der Waals surface area contributed by atoms with Gasteiger partial charge in [0.1, 0.15) is 5.60 Å². The second-order valence-electron chi connectivity index (χ2n) is 12.3. The first kappa shape index (κ1) is 32.2. The lowest BCUT2D eigenvalue weighted by atomic mass is 10.1. The van der Waals surface area contributed by atoms with Crippen molar-refractivity contribution in [3.05, 3.63) is 62.3 Å². The molecule has 3 heterocycles. The summed E-state index contributed by atoms with van der Waals surface area (Å²) in [4.78, 5) is 71.7. The Labute approximate surface area is 255 Å². The van der Waals surface area contributed by atoms with E-state index in [1.807, 2.05) is 24.8 Å². The number of imidazole rings is 1. The molecule has 0 aliphatic carbocycles. The minimum Gasteiger partial charge on any atom is -0.444 e. The summed E-state index contributed by atoms with van der Waals surface area (Å²) in [6, 6.07) is 6.24. The average Bonchev–Trinajstić information content (AvgIpc) is 3.32. The van der Waals surface area contributed by atoms with Gasteiger partial charge < -0.3 is 24.8 Å². The Hall–Kier alpha value is -4.68. The number of aromatic nitrogens is 4. The minimum absolute atomic E-state index is 0.185. The number of allylic oxidation sites excluding steroid dienone is 2. The van der Waals surface area contributed by atoms with Gasteiger partial charge in [-0.1, -0.05) is 23.8 Å². The zero-order valence-corrected chi connectivity index (χ0v) is 26.4. The summed E-state index contributed by atoms with van der Waals surface area (Å²) in [6.07, 6.45) is 2.96. The van der Waals surface area contributed by atoms with E-state index in [9.17, 15) is 24.0 Å². The number of nitrogens with one attached hydrogen (secondary N) is 2. The van der Waals surface area contributed by atoms with Crippen LogP contribution in [0, 0.1) is 0 Å². The molecule has 4 rings (SSSR count). The number of para-hydroxylation sites is 1. The maximum Gasteiger partial charge on any atom is 0.407 e. The summed E-state index contributed by atoms with van der Waals surface area (Å²) >= 11 is 0. The van der Waals surface area contributed by atoms with Crippen LogP contribution in [0.1, 0.15) is 64.7 Å². The predicted molar refractivity (Wildman–Crippen MR) is 168 cm³/mol. The van der Waals surface area contributed by atoms with Crippen molar-refractivity contribution in [1.82, 2.24) is 24.0 Å². The topological polar surface area (TPSA) is 150 Å². The van der Waals surface area contributed by atoms with E-state index in [1.54, 1.807) is 43.5 Å². The fourth-order valence-corrected chi connectivity index (χ4v) is 5.19. The molecular formula is C31H41N7O6. The SMILES string of the molecule is CC(=O)Nc1ccccc1C(=O)Cn1c(=O)c2c(nc(N3CCCC(NC(=O)OC(C)(C)C)C3)n2CC=C(C)C)n(C)c1=O. The smallest absolute Gasteiger partial charge is 0.407 e. The summed E-state index contributed by atoms with van der Waals surface area (Å²) in [5, 5.41) is 5.56. The van der Waals surface area contributed by atoms with Gasteiger partial charge in [-0.2, -0.15) is 4.98 Å². The van der Waals surface area contributed by atoms with Crippen LogP contribution in [0.3, 0.4) is 0 Å². The summed E-state index contributed by atoms with van der Waals surface area (Å²) in [7, 11) is 1.52. The van der Waals surface area contributed by atoms with Gasteiger partial charge >= 0.3 is 11.8 Å². The highest BCUT2D eigenvalue weighted by molar-refractivity contribution is 6.04. The first-order valence-corrected chi connectivity index (χ1v) is 14.6. The van der Waals surface area contributed by atoms with Crippen molar-refractivity contribution >= 4 is 40.6 Å². The van der Waals surface area contributed by atoms with Gasteiger partial charge in [-0.05, 0) is 59.6 Å². The van der Waals surface area contributed by atoms with Crippen LogP contribution >= 0.6 is 0 Å². The van der Waals surface area contributed by atoms with Crippen molar-refractivity contribution in [2.45, 2.75) is 79.1 Å². The highest BCUT2D eigenvalue weighted by Crippen LogP contribution is 2.24. The number of rotatable bonds is 8. The van der Waals surface area contributed by atoms with Gasteiger partial charge in [-0.25, -0.2) is 9.59 Å². The molecule has 0 saturated carbocycles. The zero-order chi connectivity index (χ0) is 32.3. The normalized spacial score (nSPS) is 15.2. The lowest BCUT2D eigenvalue weighted by Crippen LogP contribution is -2.49. The second-order valence-corrected chi connectivity index (χ2v) is 12.3. The second kappa shape index (κ2) is 12.9. The molecule has 236 valence electrons. The molecular weight excluding hydrogens is 566 g/mol. The van der Waals surface area contributed by atoms with Crippen LogP contribution < -0.4 is 26.8 Å². The van der Waals surface area contributed by atoms with Crippen LogP contribution in [0.4, 0.5) is 16.4 Å². The summed E-state index contributed by atoms with van der Waals surface area (Å²) in [5.74, 6) is -0.368. The Bertz CT molecular complexity index is 1740. The number of piperidine rings is 1. The van der Waals surface area contributed by atoms with E-state index in [0.717, 1.165) is 23.0 Å². The lowest BCUT2D eigenvalue weighted by Gasteiger charge is -2.34. The number of anilines is 2. The Morgan fingerprint density at radius 2 is 1.80 bits per heavy atom. The maximum absolute atomic E-state index is 14.0. The molecule has 13 heteroatoms. The van der Waals surface area contributed by atoms with Crippen LogP contribution in [0.15, 0.2) is 45.5 Å². The predicted octanol–water partition coefficient (Wildman–Crippen LogP) is 3.20. The van der Waals surface area contributed by atoms with Crippen molar-refractivity contribution in [3.63, 3.8) is 0 Å². The van der Waals surface area contributed by atoms with Crippen molar-refractivity contribution in [1.29, 1.82) is 0 Å². The van der Waals surface area contributed by atoms with E-state index < -0.39 is 35.3 Å². The monoisotopic (exact) mass is 607 g/mol. The highest BCUT2D eigenvalue weighted by Gasteiger charge is 2.29. The Morgan fingerprint density at radius 1 is 1.09 bits per heavy atom. The van der Waals surface area contributed by atoms with E-state index in [4.69, 9.17) is 9.72 Å². The molecule has 3 aromatic rings. The Morgan fingerprint density at radius 3 is 2.45 bits per heavy atom. The number of ketones is 1. The molecule has 0 radical (unpaired) electrons. The Balaban J connectivity index is 1.76. The number of fused-ring (bicyclic) bond motifs is 1. The number of amides is 2. The summed E-state index contributed by atoms with van der Waals surface area (Å²) < 4.78 is 9.37. The number of carbonyl (C=O) groups is 3. The van der Waals surface area contributed by atoms with Gasteiger partial charge in [0.25, 0.3) is 5.56 Å². The van der Waals surface area contributed by atoms with Crippen LogP contribution in [-0.2, 0) is 29.7 Å². The van der Waals surface area contributed by atoms with Crippen LogP contribution in [0.2, 0.25) is 0 Å². The highest BCUT2D eigenvalue weighted by atomic mass is 16.6. The number of alkyl carbamates (subject to hydrolysis) is 1. The van der Waals surface area contributed by atoms with Gasteiger partial charge in [0.05, 0.1) is 12.2 Å². The molecule has 2 amide bonds. The fourth-order valence-electron chi connectivity index (χ4n) is 5.19. The number of ether oxygens (including phenoxy) is 1. The van der Waals surface area contributed by atoms with E-state index in [2.05, 4.69) is 10.6 Å². The molecule has 1 aliphatic heterocycles. The molecule has 2 N–H and O–H groups in total. The number of carbonyl (C=O) groups excluding carboxylic acids is 3. The molecule has 1 aromatic carbocycles. The third-order valence-corrected chi connectivity index (χ3v) is 7.16. The van der Waals surface area contributed by atoms with E-state index in [0.29, 0.717) is 31.3 Å². The van der Waals surface area contributed by atoms with Crippen molar-refractivity contribution in [2.24, 2.45) is 7.05 Å². The van der Waals surface area contributed by atoms with Gasteiger partial charge in [-0.3, -0.25) is 23.5 Å². The fraction of sp³-hybridized carbons (Fsp3) is 0.484. The molecule has 44 heavy (non-hydrogen) atoms. The van der Waals surface area contributed by atoms with Crippen molar-refractivity contribution < 1.29 is 19.1 Å². The first-order valence-electron chi connectivity index (χ1n) is 14.6. The molecule has 0 spiro atoms. The average molecular weight is 608 g/mol. The number of hydrogen-bond donors (Lipinski definition) is 2. The number of nitrogens with zero attached hydrogens (tertiary/aromatic N) is 5. The van der Waals surface area contributed by atoms with Gasteiger partial charge in [0, 0.05) is 45.2 Å². The molecule has 1 fully saturated rings. The third kappa shape index (κ3) is 7.26. The third-order valence-electron chi connectivity index (χ3n) is 7.16. The number of aryl methyl sites for hydroxylation is 1. The molecule has 1 aliphatic rings. The minimum atomic E-state index is -0.686. The molecule has 2 aromatic heterocycles. The van der Waals surface area contributed by atoms with Gasteiger partial charge in [0.2, 0.25) is 11.9 Å². The van der Waals surface area contributed by atoms with Gasteiger partial charge in [-0.15, -0.1) is 0 Å². The summed E-state index contributed by atoms with van der Waals surface area (Å²) in [5.41, 5.74) is -0.0696. The summed E-state index contributed by atoms with van der Waals surface area (Å²) in [6.45, 7) is 11.5. The number of hydrogen-bond acceptors (Lipinski definition) is 8. The first-order chi connectivity index (χ1) is 20.7. The van der Waals surface area contributed by atoms with Crippen LogP contribution in [0.5, 0.6) is 0 Å². The molecule has 1 unspecified atom stereocenters.